The van der Waals surface area contributed by atoms with Gasteiger partial charge in [-0.25, -0.2) is 9.67 Å². The fourth-order valence-corrected chi connectivity index (χ4v) is 4.15. The van der Waals surface area contributed by atoms with Crippen LogP contribution in [0.5, 0.6) is 5.75 Å². The molecule has 1 amide bonds. The number of amides is 1. The highest BCUT2D eigenvalue weighted by molar-refractivity contribution is 7.13. The molecule has 3 heterocycles. The number of nitrogens with one attached hydrogen (secondary N) is 1. The van der Waals surface area contributed by atoms with Crippen molar-refractivity contribution >= 4 is 17.2 Å². The van der Waals surface area contributed by atoms with Crippen LogP contribution in [0.15, 0.2) is 75.9 Å². The molecule has 0 bridgehead atoms. The second-order valence-electron chi connectivity index (χ2n) is 7.71. The number of carbonyl (C=O) groups excluding carboxylic acids is 1. The van der Waals surface area contributed by atoms with E-state index in [1.807, 2.05) is 48.7 Å². The first-order valence-corrected chi connectivity index (χ1v) is 12.1. The molecule has 0 aliphatic heterocycles. The molecule has 0 aliphatic carbocycles. The van der Waals surface area contributed by atoms with Crippen LogP contribution in [-0.4, -0.2) is 38.4 Å². The van der Waals surface area contributed by atoms with E-state index in [9.17, 15) is 14.4 Å². The number of thiophene rings is 1. The van der Waals surface area contributed by atoms with Gasteiger partial charge in [-0.3, -0.25) is 19.0 Å². The molecule has 35 heavy (non-hydrogen) atoms. The van der Waals surface area contributed by atoms with Crippen molar-refractivity contribution in [2.24, 2.45) is 0 Å². The average Bonchev–Trinajstić information content (AvgIpc) is 3.40. The quantitative estimate of drug-likeness (QED) is 0.386. The summed E-state index contributed by atoms with van der Waals surface area (Å²) < 4.78 is 8.03. The first kappa shape index (κ1) is 24.1. The maximum atomic E-state index is 12.7. The van der Waals surface area contributed by atoms with Crippen molar-refractivity contribution in [1.29, 1.82) is 0 Å². The fraction of sp³-hybridized carbons (Fsp3) is 0.240. The Morgan fingerprint density at radius 3 is 2.57 bits per heavy atom. The SMILES string of the molecule is CCOc1ccc(-c2cc(=O)n(CCNC(=O)C(C)n3nc(-c4cccs4)ccc3=O)cn2)cc1. The first-order chi connectivity index (χ1) is 17.0. The van der Waals surface area contributed by atoms with Gasteiger partial charge in [0.05, 0.1) is 23.5 Å². The molecule has 0 saturated heterocycles. The molecule has 0 saturated carbocycles. The van der Waals surface area contributed by atoms with E-state index < -0.39 is 6.04 Å². The molecule has 1 N–H and O–H groups in total. The van der Waals surface area contributed by atoms with Gasteiger partial charge in [0, 0.05) is 30.8 Å². The summed E-state index contributed by atoms with van der Waals surface area (Å²) in [7, 11) is 0. The van der Waals surface area contributed by atoms with Crippen LogP contribution >= 0.6 is 11.3 Å². The van der Waals surface area contributed by atoms with E-state index in [1.54, 1.807) is 13.0 Å². The number of hydrogen-bond donors (Lipinski definition) is 1. The summed E-state index contributed by atoms with van der Waals surface area (Å²) in [6, 6.07) is 14.9. The molecule has 1 atom stereocenters. The van der Waals surface area contributed by atoms with Gasteiger partial charge >= 0.3 is 0 Å². The molecule has 0 spiro atoms. The molecule has 9 nitrogen and oxygen atoms in total. The van der Waals surface area contributed by atoms with Gasteiger partial charge < -0.3 is 10.1 Å². The highest BCUT2D eigenvalue weighted by Crippen LogP contribution is 2.22. The molecule has 0 fully saturated rings. The normalized spacial score (nSPS) is 11.7. The zero-order valence-corrected chi connectivity index (χ0v) is 20.2. The number of carbonyl (C=O) groups is 1. The number of nitrogens with zero attached hydrogens (tertiary/aromatic N) is 4. The standard InChI is InChI=1S/C25H25N5O4S/c1-3-34-19-8-6-18(7-9-19)21-15-24(32)29(16-27-21)13-12-26-25(33)17(2)30-23(31)11-10-20(28-30)22-5-4-14-35-22/h4-11,14-17H,3,12-13H2,1-2H3,(H,26,33). The lowest BCUT2D eigenvalue weighted by atomic mass is 10.1. The Morgan fingerprint density at radius 1 is 1.09 bits per heavy atom. The van der Waals surface area contributed by atoms with Crippen molar-refractivity contribution in [1.82, 2.24) is 24.6 Å². The number of ether oxygens (including phenoxy) is 1. The summed E-state index contributed by atoms with van der Waals surface area (Å²) in [5.74, 6) is 0.389. The van der Waals surface area contributed by atoms with Gasteiger partial charge in [0.15, 0.2) is 0 Å². The van der Waals surface area contributed by atoms with E-state index >= 15 is 0 Å². The predicted molar refractivity (Wildman–Crippen MR) is 135 cm³/mol. The van der Waals surface area contributed by atoms with E-state index in [2.05, 4.69) is 15.4 Å². The van der Waals surface area contributed by atoms with Gasteiger partial charge in [-0.2, -0.15) is 5.10 Å². The Kier molecular flexibility index (Phi) is 7.51. The van der Waals surface area contributed by atoms with Crippen molar-refractivity contribution in [2.45, 2.75) is 26.4 Å². The van der Waals surface area contributed by atoms with E-state index in [0.29, 0.717) is 18.0 Å². The molecule has 3 aromatic heterocycles. The highest BCUT2D eigenvalue weighted by Gasteiger charge is 2.18. The van der Waals surface area contributed by atoms with Crippen LogP contribution in [0.4, 0.5) is 0 Å². The molecule has 180 valence electrons. The molecule has 1 aromatic carbocycles. The number of rotatable bonds is 9. The molecule has 0 aliphatic rings. The summed E-state index contributed by atoms with van der Waals surface area (Å²) in [4.78, 5) is 42.8. The largest absolute Gasteiger partial charge is 0.494 e. The van der Waals surface area contributed by atoms with Gasteiger partial charge in [-0.05, 0) is 55.6 Å². The molecular formula is C25H25N5O4S. The summed E-state index contributed by atoms with van der Waals surface area (Å²) in [5, 5.41) is 9.04. The minimum atomic E-state index is -0.806. The lowest BCUT2D eigenvalue weighted by molar-refractivity contribution is -0.124. The van der Waals surface area contributed by atoms with Gasteiger partial charge in [-0.15, -0.1) is 11.3 Å². The minimum Gasteiger partial charge on any atom is -0.494 e. The van der Waals surface area contributed by atoms with E-state index in [1.165, 1.54) is 39.0 Å². The molecular weight excluding hydrogens is 466 g/mol. The van der Waals surface area contributed by atoms with Gasteiger partial charge in [0.25, 0.3) is 11.1 Å². The maximum Gasteiger partial charge on any atom is 0.267 e. The summed E-state index contributed by atoms with van der Waals surface area (Å²) >= 11 is 1.50. The van der Waals surface area contributed by atoms with Crippen LogP contribution in [0.2, 0.25) is 0 Å². The smallest absolute Gasteiger partial charge is 0.267 e. The molecule has 10 heteroatoms. The summed E-state index contributed by atoms with van der Waals surface area (Å²) in [6.07, 6.45) is 1.46. The Morgan fingerprint density at radius 2 is 1.89 bits per heavy atom. The van der Waals surface area contributed by atoms with E-state index in [4.69, 9.17) is 4.74 Å². The number of benzene rings is 1. The Labute approximate surface area is 205 Å². The molecule has 0 radical (unpaired) electrons. The zero-order valence-electron chi connectivity index (χ0n) is 19.4. The Hall–Kier alpha value is -4.05. The zero-order chi connectivity index (χ0) is 24.8. The third kappa shape index (κ3) is 5.72. The third-order valence-corrected chi connectivity index (χ3v) is 6.23. The van der Waals surface area contributed by atoms with Crippen molar-refractivity contribution in [3.63, 3.8) is 0 Å². The van der Waals surface area contributed by atoms with Crippen molar-refractivity contribution in [3.05, 3.63) is 87.0 Å². The molecule has 1 unspecified atom stereocenters. The van der Waals surface area contributed by atoms with Crippen LogP contribution in [-0.2, 0) is 11.3 Å². The first-order valence-electron chi connectivity index (χ1n) is 11.2. The fourth-order valence-electron chi connectivity index (χ4n) is 3.46. The second kappa shape index (κ2) is 10.9. The molecule has 4 aromatic rings. The Balaban J connectivity index is 1.37. The third-order valence-electron chi connectivity index (χ3n) is 5.34. The van der Waals surface area contributed by atoms with E-state index in [0.717, 1.165) is 16.2 Å². The number of hydrogen-bond acceptors (Lipinski definition) is 7. The van der Waals surface area contributed by atoms with E-state index in [-0.39, 0.29) is 30.1 Å². The highest BCUT2D eigenvalue weighted by atomic mass is 32.1. The average molecular weight is 492 g/mol. The topological polar surface area (TPSA) is 108 Å². The monoisotopic (exact) mass is 491 g/mol. The van der Waals surface area contributed by atoms with Crippen LogP contribution in [0.3, 0.4) is 0 Å². The van der Waals surface area contributed by atoms with Gasteiger partial charge in [-0.1, -0.05) is 6.07 Å². The van der Waals surface area contributed by atoms with Crippen molar-refractivity contribution < 1.29 is 9.53 Å². The Bertz CT molecular complexity index is 1410. The summed E-state index contributed by atoms with van der Waals surface area (Å²) in [6.45, 7) is 4.55. The summed E-state index contributed by atoms with van der Waals surface area (Å²) in [5.41, 5.74) is 1.40. The minimum absolute atomic E-state index is 0.201. The van der Waals surface area contributed by atoms with Gasteiger partial charge in [0.1, 0.15) is 17.5 Å². The van der Waals surface area contributed by atoms with Crippen molar-refractivity contribution in [2.75, 3.05) is 13.2 Å². The van der Waals surface area contributed by atoms with Crippen LogP contribution in [0.25, 0.3) is 21.8 Å². The lowest BCUT2D eigenvalue weighted by Gasteiger charge is -2.15. The lowest BCUT2D eigenvalue weighted by Crippen LogP contribution is -2.38. The second-order valence-corrected chi connectivity index (χ2v) is 8.66. The van der Waals surface area contributed by atoms with Gasteiger partial charge in [0.2, 0.25) is 5.91 Å². The van der Waals surface area contributed by atoms with Crippen molar-refractivity contribution in [3.8, 4) is 27.6 Å². The number of aromatic nitrogens is 4. The maximum absolute atomic E-state index is 12.7. The van der Waals surface area contributed by atoms with Crippen LogP contribution < -0.4 is 21.2 Å². The van der Waals surface area contributed by atoms with Crippen LogP contribution in [0.1, 0.15) is 19.9 Å². The van der Waals surface area contributed by atoms with Crippen LogP contribution in [0, 0.1) is 0 Å². The molecule has 4 rings (SSSR count). The predicted octanol–water partition coefficient (Wildman–Crippen LogP) is 2.97.